The zero-order valence-corrected chi connectivity index (χ0v) is 22.4. The third-order valence-electron chi connectivity index (χ3n) is 8.06. The predicted octanol–water partition coefficient (Wildman–Crippen LogP) is 2.95. The molecule has 3 aromatic rings. The Hall–Kier alpha value is -3.90. The Kier molecular flexibility index (Phi) is 8.42. The first-order chi connectivity index (χ1) is 19.0. The van der Waals surface area contributed by atoms with E-state index in [0.717, 1.165) is 69.4 Å². The Balaban J connectivity index is 1.31. The van der Waals surface area contributed by atoms with Crippen LogP contribution in [0, 0.1) is 17.2 Å². The molecule has 0 amide bonds. The molecule has 5 rings (SSSR count). The highest BCUT2D eigenvalue weighted by molar-refractivity contribution is 5.44. The fourth-order valence-corrected chi connectivity index (χ4v) is 5.92. The Morgan fingerprint density at radius 2 is 1.85 bits per heavy atom. The largest absolute Gasteiger partial charge is 0.370 e. The standard InChI is InChI=1S/C30H37N7O2/c31-19-24-5-1-6-25(17-24)21-37-28(35-13-4-8-26(32)22-35)18-29(38)36(30(37)39)14-3-7-23-10-15-34(16-11-23)27-9-2-12-33-20-27/h1-2,5-6,9,12,17-18,20,23,26H,3-4,7-8,10-11,13-16,21-22,32H2. The zero-order chi connectivity index (χ0) is 27.2. The summed E-state index contributed by atoms with van der Waals surface area (Å²) in [7, 11) is 0. The van der Waals surface area contributed by atoms with E-state index in [9.17, 15) is 14.9 Å². The average molecular weight is 528 g/mol. The second-order valence-electron chi connectivity index (χ2n) is 10.8. The number of nitrogens with zero attached hydrogens (tertiary/aromatic N) is 6. The summed E-state index contributed by atoms with van der Waals surface area (Å²) in [5, 5.41) is 9.34. The Morgan fingerprint density at radius 1 is 1.00 bits per heavy atom. The van der Waals surface area contributed by atoms with Gasteiger partial charge in [-0.1, -0.05) is 12.1 Å². The van der Waals surface area contributed by atoms with Gasteiger partial charge in [0.05, 0.1) is 30.1 Å². The van der Waals surface area contributed by atoms with E-state index in [-0.39, 0.29) is 17.3 Å². The van der Waals surface area contributed by atoms with E-state index >= 15 is 0 Å². The van der Waals surface area contributed by atoms with Crippen molar-refractivity contribution >= 4 is 11.5 Å². The minimum atomic E-state index is -0.301. The minimum Gasteiger partial charge on any atom is -0.370 e. The van der Waals surface area contributed by atoms with Gasteiger partial charge in [-0.2, -0.15) is 5.26 Å². The van der Waals surface area contributed by atoms with Crippen molar-refractivity contribution in [2.45, 2.75) is 57.7 Å². The fourth-order valence-electron chi connectivity index (χ4n) is 5.92. The number of aromatic nitrogens is 3. The summed E-state index contributed by atoms with van der Waals surface area (Å²) in [5.74, 6) is 1.19. The molecule has 2 aliphatic rings. The highest BCUT2D eigenvalue weighted by Crippen LogP contribution is 2.26. The summed E-state index contributed by atoms with van der Waals surface area (Å²) in [6.07, 6.45) is 9.52. The lowest BCUT2D eigenvalue weighted by molar-refractivity contribution is 0.360. The number of nitriles is 1. The summed E-state index contributed by atoms with van der Waals surface area (Å²) in [6.45, 7) is 4.06. The minimum absolute atomic E-state index is 0.0104. The normalized spacial score (nSPS) is 18.2. The van der Waals surface area contributed by atoms with E-state index in [0.29, 0.717) is 36.9 Å². The molecule has 2 aromatic heterocycles. The summed E-state index contributed by atoms with van der Waals surface area (Å²) in [4.78, 5) is 35.6. The van der Waals surface area contributed by atoms with Crippen LogP contribution >= 0.6 is 0 Å². The molecular formula is C30H37N7O2. The second kappa shape index (κ2) is 12.3. The van der Waals surface area contributed by atoms with Crippen molar-refractivity contribution in [3.63, 3.8) is 0 Å². The van der Waals surface area contributed by atoms with Crippen molar-refractivity contribution in [3.05, 3.63) is 86.8 Å². The monoisotopic (exact) mass is 527 g/mol. The number of nitrogens with two attached hydrogens (primary N) is 1. The number of piperidine rings is 2. The molecule has 39 heavy (non-hydrogen) atoms. The Labute approximate surface area is 229 Å². The van der Waals surface area contributed by atoms with Crippen LogP contribution in [0.5, 0.6) is 0 Å². The molecule has 1 atom stereocenters. The number of rotatable bonds is 8. The smallest absolute Gasteiger partial charge is 0.332 e. The first-order valence-corrected chi connectivity index (χ1v) is 14.0. The number of hydrogen-bond acceptors (Lipinski definition) is 7. The molecule has 2 N–H and O–H groups in total. The van der Waals surface area contributed by atoms with Crippen LogP contribution in [0.25, 0.3) is 0 Å². The second-order valence-corrected chi connectivity index (χ2v) is 10.8. The molecule has 9 nitrogen and oxygen atoms in total. The number of benzene rings is 1. The van der Waals surface area contributed by atoms with Crippen LogP contribution in [-0.4, -0.2) is 46.3 Å². The van der Waals surface area contributed by atoms with Crippen molar-refractivity contribution in [1.82, 2.24) is 14.1 Å². The maximum absolute atomic E-state index is 13.8. The van der Waals surface area contributed by atoms with E-state index < -0.39 is 0 Å². The molecule has 0 aliphatic carbocycles. The molecule has 0 saturated carbocycles. The van der Waals surface area contributed by atoms with Gasteiger partial charge in [0.25, 0.3) is 5.56 Å². The maximum atomic E-state index is 13.8. The van der Waals surface area contributed by atoms with Gasteiger partial charge in [0.2, 0.25) is 0 Å². The molecule has 1 aromatic carbocycles. The lowest BCUT2D eigenvalue weighted by atomic mass is 9.92. The van der Waals surface area contributed by atoms with Gasteiger partial charge in [0.15, 0.2) is 0 Å². The molecule has 9 heteroatoms. The summed E-state index contributed by atoms with van der Waals surface area (Å²) < 4.78 is 3.06. The van der Waals surface area contributed by atoms with Gasteiger partial charge in [-0.15, -0.1) is 0 Å². The van der Waals surface area contributed by atoms with Crippen molar-refractivity contribution in [1.29, 1.82) is 5.26 Å². The van der Waals surface area contributed by atoms with Gasteiger partial charge in [-0.05, 0) is 74.3 Å². The predicted molar refractivity (Wildman–Crippen MR) is 153 cm³/mol. The highest BCUT2D eigenvalue weighted by Gasteiger charge is 2.23. The lowest BCUT2D eigenvalue weighted by Crippen LogP contribution is -2.48. The molecule has 2 aliphatic heterocycles. The quantitative estimate of drug-likeness (QED) is 0.479. The van der Waals surface area contributed by atoms with Gasteiger partial charge >= 0.3 is 5.69 Å². The van der Waals surface area contributed by atoms with Crippen molar-refractivity contribution in [2.75, 3.05) is 36.0 Å². The molecule has 4 heterocycles. The summed E-state index contributed by atoms with van der Waals surface area (Å²) in [6, 6.07) is 15.1. The molecule has 0 spiro atoms. The molecule has 0 bridgehead atoms. The molecule has 204 valence electrons. The Bertz CT molecular complexity index is 1420. The van der Waals surface area contributed by atoms with Crippen LogP contribution in [-0.2, 0) is 13.1 Å². The van der Waals surface area contributed by atoms with Crippen molar-refractivity contribution in [3.8, 4) is 6.07 Å². The molecular weight excluding hydrogens is 490 g/mol. The highest BCUT2D eigenvalue weighted by atomic mass is 16.2. The molecule has 0 radical (unpaired) electrons. The van der Waals surface area contributed by atoms with E-state index in [1.54, 1.807) is 29.0 Å². The lowest BCUT2D eigenvalue weighted by Gasteiger charge is -2.34. The van der Waals surface area contributed by atoms with Gasteiger partial charge in [-0.3, -0.25) is 18.9 Å². The van der Waals surface area contributed by atoms with Gasteiger partial charge < -0.3 is 15.5 Å². The van der Waals surface area contributed by atoms with E-state index in [4.69, 9.17) is 5.73 Å². The van der Waals surface area contributed by atoms with E-state index in [1.165, 1.54) is 4.57 Å². The topological polar surface area (TPSA) is 113 Å². The average Bonchev–Trinajstić information content (AvgIpc) is 2.97. The van der Waals surface area contributed by atoms with Crippen LogP contribution in [0.15, 0.2) is 64.4 Å². The van der Waals surface area contributed by atoms with Gasteiger partial charge in [0, 0.05) is 51.0 Å². The molecule has 1 unspecified atom stereocenters. The van der Waals surface area contributed by atoms with E-state index in [2.05, 4.69) is 26.9 Å². The third kappa shape index (κ3) is 6.40. The van der Waals surface area contributed by atoms with Crippen LogP contribution in [0.1, 0.15) is 49.7 Å². The van der Waals surface area contributed by atoms with Crippen molar-refractivity contribution < 1.29 is 0 Å². The van der Waals surface area contributed by atoms with Crippen LogP contribution in [0.2, 0.25) is 0 Å². The van der Waals surface area contributed by atoms with Crippen molar-refractivity contribution in [2.24, 2.45) is 11.7 Å². The number of hydrogen-bond donors (Lipinski definition) is 1. The van der Waals surface area contributed by atoms with Crippen LogP contribution < -0.4 is 26.8 Å². The number of anilines is 2. The maximum Gasteiger partial charge on any atom is 0.332 e. The Morgan fingerprint density at radius 3 is 2.59 bits per heavy atom. The zero-order valence-electron chi connectivity index (χ0n) is 22.4. The molecule has 2 fully saturated rings. The summed E-state index contributed by atoms with van der Waals surface area (Å²) in [5.41, 5.74) is 8.23. The molecule has 2 saturated heterocycles. The van der Waals surface area contributed by atoms with Crippen LogP contribution in [0.4, 0.5) is 11.5 Å². The third-order valence-corrected chi connectivity index (χ3v) is 8.06. The van der Waals surface area contributed by atoms with Gasteiger partial charge in [-0.25, -0.2) is 4.79 Å². The number of pyridine rings is 1. The summed E-state index contributed by atoms with van der Waals surface area (Å²) >= 11 is 0. The van der Waals surface area contributed by atoms with E-state index in [1.807, 2.05) is 24.4 Å². The fraction of sp³-hybridized carbons (Fsp3) is 0.467. The first-order valence-electron chi connectivity index (χ1n) is 14.0. The first kappa shape index (κ1) is 26.7. The van der Waals surface area contributed by atoms with Crippen LogP contribution in [0.3, 0.4) is 0 Å². The van der Waals surface area contributed by atoms with Gasteiger partial charge in [0.1, 0.15) is 5.82 Å². The SMILES string of the molecule is N#Cc1cccc(Cn2c(N3CCCC(N)C3)cc(=O)n(CCCC3CCN(c4cccnc4)CC3)c2=O)c1.